The fourth-order valence-electron chi connectivity index (χ4n) is 2.02. The van der Waals surface area contributed by atoms with Gasteiger partial charge in [-0.15, -0.1) is 0 Å². The Kier molecular flexibility index (Phi) is 9.01. The molecule has 2 amide bonds. The smallest absolute Gasteiger partial charge is 0.326 e. The van der Waals surface area contributed by atoms with Crippen molar-refractivity contribution >= 4 is 12.0 Å². The van der Waals surface area contributed by atoms with Gasteiger partial charge in [0.1, 0.15) is 6.04 Å². The van der Waals surface area contributed by atoms with Crippen LogP contribution < -0.4 is 10.6 Å². The highest BCUT2D eigenvalue weighted by Crippen LogP contribution is 2.22. The van der Waals surface area contributed by atoms with Crippen molar-refractivity contribution in [1.82, 2.24) is 10.6 Å². The molecule has 0 radical (unpaired) electrons. The average molecular weight is 286 g/mol. The van der Waals surface area contributed by atoms with Crippen molar-refractivity contribution < 1.29 is 14.7 Å². The van der Waals surface area contributed by atoms with Gasteiger partial charge in [-0.3, -0.25) is 0 Å². The summed E-state index contributed by atoms with van der Waals surface area (Å²) in [6.45, 7) is 8.85. The number of aliphatic carboxylic acids is 1. The van der Waals surface area contributed by atoms with Crippen LogP contribution in [0, 0.1) is 5.41 Å². The van der Waals surface area contributed by atoms with Crippen LogP contribution >= 0.6 is 0 Å². The zero-order chi connectivity index (χ0) is 15.6. The quantitative estimate of drug-likeness (QED) is 0.540. The Balaban J connectivity index is 4.10. The molecule has 0 saturated carbocycles. The van der Waals surface area contributed by atoms with Crippen molar-refractivity contribution in [3.8, 4) is 0 Å². The van der Waals surface area contributed by atoms with Gasteiger partial charge in [0.15, 0.2) is 0 Å². The number of hydrogen-bond donors (Lipinski definition) is 3. The zero-order valence-electron chi connectivity index (χ0n) is 13.3. The second-order valence-electron chi connectivity index (χ2n) is 6.13. The Labute approximate surface area is 122 Å². The van der Waals surface area contributed by atoms with Crippen molar-refractivity contribution in [1.29, 1.82) is 0 Å². The molecule has 0 saturated heterocycles. The maximum Gasteiger partial charge on any atom is 0.326 e. The summed E-state index contributed by atoms with van der Waals surface area (Å²) in [5, 5.41) is 14.3. The first-order valence-electron chi connectivity index (χ1n) is 7.59. The predicted octanol–water partition coefficient (Wildman–Crippen LogP) is 3.15. The minimum absolute atomic E-state index is 0.0377. The molecule has 0 heterocycles. The number of hydrogen-bond acceptors (Lipinski definition) is 2. The van der Waals surface area contributed by atoms with Crippen LogP contribution in [0.25, 0.3) is 0 Å². The maximum absolute atomic E-state index is 11.7. The van der Waals surface area contributed by atoms with E-state index >= 15 is 0 Å². The lowest BCUT2D eigenvalue weighted by atomic mass is 9.87. The van der Waals surface area contributed by atoms with Gasteiger partial charge in [0, 0.05) is 6.54 Å². The third-order valence-electron chi connectivity index (χ3n) is 3.37. The van der Waals surface area contributed by atoms with Crippen molar-refractivity contribution in [2.75, 3.05) is 6.54 Å². The fraction of sp³-hybridized carbons (Fsp3) is 0.867. The molecule has 0 aliphatic rings. The van der Waals surface area contributed by atoms with E-state index in [4.69, 9.17) is 5.11 Å². The molecule has 0 rings (SSSR count). The van der Waals surface area contributed by atoms with E-state index in [1.54, 1.807) is 0 Å². The van der Waals surface area contributed by atoms with Crippen LogP contribution in [0.4, 0.5) is 4.79 Å². The second-order valence-corrected chi connectivity index (χ2v) is 6.13. The molecule has 5 heteroatoms. The molecule has 0 bridgehead atoms. The highest BCUT2D eigenvalue weighted by Gasteiger charge is 2.21. The molecule has 0 aliphatic carbocycles. The second kappa shape index (κ2) is 9.61. The van der Waals surface area contributed by atoms with Gasteiger partial charge in [0.2, 0.25) is 0 Å². The van der Waals surface area contributed by atoms with Gasteiger partial charge in [-0.1, -0.05) is 53.4 Å². The number of unbranched alkanes of at least 4 members (excludes halogenated alkanes) is 2. The number of urea groups is 1. The highest BCUT2D eigenvalue weighted by molar-refractivity contribution is 5.82. The summed E-state index contributed by atoms with van der Waals surface area (Å²) in [5.74, 6) is -0.982. The molecule has 0 aliphatic heterocycles. The molecule has 0 aromatic rings. The van der Waals surface area contributed by atoms with E-state index in [0.717, 1.165) is 19.3 Å². The molecule has 118 valence electrons. The van der Waals surface area contributed by atoms with Gasteiger partial charge >= 0.3 is 12.0 Å². The lowest BCUT2D eigenvalue weighted by Crippen LogP contribution is -2.48. The number of carboxylic acid groups (broad SMARTS) is 1. The molecule has 0 aromatic carbocycles. The number of amides is 2. The molecule has 1 unspecified atom stereocenters. The molecule has 0 spiro atoms. The summed E-state index contributed by atoms with van der Waals surface area (Å²) in [5.41, 5.74) is 0.0377. The van der Waals surface area contributed by atoms with Gasteiger partial charge in [0.25, 0.3) is 0 Å². The van der Waals surface area contributed by atoms with Crippen molar-refractivity contribution in [2.24, 2.45) is 5.41 Å². The Morgan fingerprint density at radius 3 is 2.30 bits per heavy atom. The number of carboxylic acids is 1. The third-order valence-corrected chi connectivity index (χ3v) is 3.37. The lowest BCUT2D eigenvalue weighted by Gasteiger charge is -2.25. The maximum atomic E-state index is 11.7. The Morgan fingerprint density at radius 1 is 1.15 bits per heavy atom. The molecular weight excluding hydrogens is 256 g/mol. The van der Waals surface area contributed by atoms with Crippen LogP contribution in [0.3, 0.4) is 0 Å². The first kappa shape index (κ1) is 18.7. The highest BCUT2D eigenvalue weighted by atomic mass is 16.4. The lowest BCUT2D eigenvalue weighted by molar-refractivity contribution is -0.139. The van der Waals surface area contributed by atoms with Crippen LogP contribution in [-0.2, 0) is 4.79 Å². The molecule has 20 heavy (non-hydrogen) atoms. The van der Waals surface area contributed by atoms with Crippen LogP contribution in [0.1, 0.15) is 66.2 Å². The number of nitrogens with one attached hydrogen (secondary N) is 2. The normalized spacial score (nSPS) is 12.8. The fourth-order valence-corrected chi connectivity index (χ4v) is 2.02. The Bertz CT molecular complexity index is 303. The van der Waals surface area contributed by atoms with E-state index in [1.165, 1.54) is 12.8 Å². The van der Waals surface area contributed by atoms with Gasteiger partial charge in [-0.2, -0.15) is 0 Å². The van der Waals surface area contributed by atoms with Crippen molar-refractivity contribution in [3.05, 3.63) is 0 Å². The SMILES string of the molecule is CCCCCC(C)(C)CNC(=O)NC(CCC)C(=O)O. The van der Waals surface area contributed by atoms with Gasteiger partial charge in [-0.05, 0) is 18.3 Å². The molecule has 1 atom stereocenters. The summed E-state index contributed by atoms with van der Waals surface area (Å²) in [7, 11) is 0. The van der Waals surface area contributed by atoms with Crippen LogP contribution in [0.15, 0.2) is 0 Å². The number of rotatable bonds is 10. The van der Waals surface area contributed by atoms with Gasteiger partial charge in [0.05, 0.1) is 0 Å². The summed E-state index contributed by atoms with van der Waals surface area (Å²) in [6.07, 6.45) is 5.76. The predicted molar refractivity (Wildman–Crippen MR) is 80.8 cm³/mol. The summed E-state index contributed by atoms with van der Waals surface area (Å²) >= 11 is 0. The first-order valence-corrected chi connectivity index (χ1v) is 7.59. The molecule has 3 N–H and O–H groups in total. The summed E-state index contributed by atoms with van der Waals surface area (Å²) < 4.78 is 0. The topological polar surface area (TPSA) is 78.4 Å². The Hall–Kier alpha value is -1.26. The van der Waals surface area contributed by atoms with Gasteiger partial charge in [-0.25, -0.2) is 9.59 Å². The van der Waals surface area contributed by atoms with E-state index in [1.807, 2.05) is 6.92 Å². The van der Waals surface area contributed by atoms with E-state index in [9.17, 15) is 9.59 Å². The summed E-state index contributed by atoms with van der Waals surface area (Å²) in [6, 6.07) is -1.20. The van der Waals surface area contributed by atoms with Crippen molar-refractivity contribution in [2.45, 2.75) is 72.3 Å². The largest absolute Gasteiger partial charge is 0.480 e. The van der Waals surface area contributed by atoms with E-state index < -0.39 is 18.0 Å². The molecule has 5 nitrogen and oxygen atoms in total. The standard InChI is InChI=1S/C15H30N2O3/c1-5-7-8-10-15(3,4)11-16-14(20)17-12(9-6-2)13(18)19/h12H,5-11H2,1-4H3,(H,18,19)(H2,16,17,20). The van der Waals surface area contributed by atoms with Gasteiger partial charge < -0.3 is 15.7 Å². The van der Waals surface area contributed by atoms with E-state index in [-0.39, 0.29) is 5.41 Å². The number of carbonyl (C=O) groups excluding carboxylic acids is 1. The monoisotopic (exact) mass is 286 g/mol. The molecular formula is C15H30N2O3. The van der Waals surface area contributed by atoms with Crippen molar-refractivity contribution in [3.63, 3.8) is 0 Å². The third kappa shape index (κ3) is 8.77. The minimum Gasteiger partial charge on any atom is -0.480 e. The van der Waals surface area contributed by atoms with E-state index in [2.05, 4.69) is 31.4 Å². The number of carbonyl (C=O) groups is 2. The van der Waals surface area contributed by atoms with E-state index in [0.29, 0.717) is 13.0 Å². The summed E-state index contributed by atoms with van der Waals surface area (Å²) in [4.78, 5) is 22.7. The first-order chi connectivity index (χ1) is 9.32. The van der Waals surface area contributed by atoms with Crippen LogP contribution in [-0.4, -0.2) is 29.7 Å². The van der Waals surface area contributed by atoms with Crippen LogP contribution in [0.5, 0.6) is 0 Å². The molecule has 0 aromatic heterocycles. The Morgan fingerprint density at radius 2 is 1.80 bits per heavy atom. The average Bonchev–Trinajstić information content (AvgIpc) is 2.36. The molecule has 0 fully saturated rings. The minimum atomic E-state index is -0.982. The van der Waals surface area contributed by atoms with Crippen LogP contribution in [0.2, 0.25) is 0 Å². The zero-order valence-corrected chi connectivity index (χ0v) is 13.3.